The van der Waals surface area contributed by atoms with E-state index >= 15 is 0 Å². The Morgan fingerprint density at radius 2 is 1.94 bits per heavy atom. The van der Waals surface area contributed by atoms with E-state index in [1.54, 1.807) is 0 Å². The summed E-state index contributed by atoms with van der Waals surface area (Å²) >= 11 is 0. The molecule has 0 amide bonds. The Kier molecular flexibility index (Phi) is 1.83. The van der Waals surface area contributed by atoms with Crippen molar-refractivity contribution in [1.82, 2.24) is 19.6 Å². The van der Waals surface area contributed by atoms with Gasteiger partial charge < -0.3 is 0 Å². The minimum absolute atomic E-state index is 0.980. The van der Waals surface area contributed by atoms with Gasteiger partial charge in [-0.1, -0.05) is 18.2 Å². The Morgan fingerprint density at radius 1 is 1.12 bits per heavy atom. The van der Waals surface area contributed by atoms with Crippen LogP contribution in [-0.2, 0) is 7.05 Å². The second-order valence-electron chi connectivity index (χ2n) is 3.90. The number of hydrogen-bond donors (Lipinski definition) is 0. The Balaban J connectivity index is 2.22. The lowest BCUT2D eigenvalue weighted by Crippen LogP contribution is -2.02. The fourth-order valence-corrected chi connectivity index (χ4v) is 1.89. The highest BCUT2D eigenvalue weighted by atomic mass is 15.4. The SMILES string of the molecule is Cc1cc(-n2cc3ccccc3n2)n(C)n1. The van der Waals surface area contributed by atoms with Crippen molar-refractivity contribution in [3.63, 3.8) is 0 Å². The normalized spacial score (nSPS) is 11.1. The molecule has 0 spiro atoms. The van der Waals surface area contributed by atoms with Gasteiger partial charge in [0.25, 0.3) is 0 Å². The van der Waals surface area contributed by atoms with Crippen molar-refractivity contribution in [1.29, 1.82) is 0 Å². The molecule has 0 unspecified atom stereocenters. The highest BCUT2D eigenvalue weighted by molar-refractivity contribution is 5.78. The van der Waals surface area contributed by atoms with Crippen molar-refractivity contribution in [2.45, 2.75) is 6.92 Å². The molecule has 0 N–H and O–H groups in total. The molecule has 4 nitrogen and oxygen atoms in total. The molecule has 0 aliphatic heterocycles. The molecular weight excluding hydrogens is 200 g/mol. The van der Waals surface area contributed by atoms with Crippen LogP contribution in [0.25, 0.3) is 16.7 Å². The number of aryl methyl sites for hydroxylation is 2. The molecule has 2 aromatic heterocycles. The summed E-state index contributed by atoms with van der Waals surface area (Å²) < 4.78 is 3.70. The third-order valence-corrected chi connectivity index (χ3v) is 2.63. The third kappa shape index (κ3) is 1.31. The Labute approximate surface area is 93.1 Å². The van der Waals surface area contributed by atoms with Crippen LogP contribution in [0.3, 0.4) is 0 Å². The molecular formula is C12H12N4. The third-order valence-electron chi connectivity index (χ3n) is 2.63. The van der Waals surface area contributed by atoms with Gasteiger partial charge in [-0.05, 0) is 13.0 Å². The highest BCUT2D eigenvalue weighted by Crippen LogP contribution is 2.15. The average molecular weight is 212 g/mol. The molecule has 3 aromatic rings. The van der Waals surface area contributed by atoms with Crippen molar-refractivity contribution in [2.75, 3.05) is 0 Å². The quantitative estimate of drug-likeness (QED) is 0.619. The average Bonchev–Trinajstić information content (AvgIpc) is 2.81. The summed E-state index contributed by atoms with van der Waals surface area (Å²) in [6, 6.07) is 10.1. The molecule has 0 atom stereocenters. The summed E-state index contributed by atoms with van der Waals surface area (Å²) in [6.45, 7) is 1.98. The van der Waals surface area contributed by atoms with E-state index in [1.165, 1.54) is 0 Å². The Morgan fingerprint density at radius 3 is 2.62 bits per heavy atom. The molecule has 2 heterocycles. The van der Waals surface area contributed by atoms with E-state index in [2.05, 4.69) is 16.3 Å². The van der Waals surface area contributed by atoms with Gasteiger partial charge in [0.05, 0.1) is 11.2 Å². The van der Waals surface area contributed by atoms with Crippen LogP contribution in [0, 0.1) is 6.92 Å². The first-order valence-corrected chi connectivity index (χ1v) is 5.19. The highest BCUT2D eigenvalue weighted by Gasteiger charge is 2.06. The smallest absolute Gasteiger partial charge is 0.151 e. The molecule has 0 saturated heterocycles. The lowest BCUT2D eigenvalue weighted by atomic mass is 10.3. The lowest BCUT2D eigenvalue weighted by molar-refractivity contribution is 0.697. The zero-order valence-electron chi connectivity index (χ0n) is 9.25. The summed E-state index contributed by atoms with van der Waals surface area (Å²) in [5.41, 5.74) is 2.00. The Hall–Kier alpha value is -2.10. The van der Waals surface area contributed by atoms with Crippen LogP contribution in [0.4, 0.5) is 0 Å². The van der Waals surface area contributed by atoms with Gasteiger partial charge in [0, 0.05) is 24.7 Å². The van der Waals surface area contributed by atoms with Gasteiger partial charge >= 0.3 is 0 Å². The lowest BCUT2D eigenvalue weighted by Gasteiger charge is -1.99. The summed E-state index contributed by atoms with van der Waals surface area (Å²) in [4.78, 5) is 0. The van der Waals surface area contributed by atoms with Gasteiger partial charge in [-0.25, -0.2) is 4.68 Å². The van der Waals surface area contributed by atoms with E-state index in [0.717, 1.165) is 22.4 Å². The maximum atomic E-state index is 4.51. The molecule has 0 aliphatic carbocycles. The molecule has 80 valence electrons. The van der Waals surface area contributed by atoms with Crippen LogP contribution >= 0.6 is 0 Å². The molecule has 4 heteroatoms. The van der Waals surface area contributed by atoms with Crippen LogP contribution < -0.4 is 0 Å². The molecule has 1 aromatic carbocycles. The number of fused-ring (bicyclic) bond motifs is 1. The van der Waals surface area contributed by atoms with Gasteiger partial charge in [-0.2, -0.15) is 10.2 Å². The number of benzene rings is 1. The molecule has 0 fully saturated rings. The van der Waals surface area contributed by atoms with E-state index in [9.17, 15) is 0 Å². The molecule has 3 rings (SSSR count). The molecule has 0 aliphatic rings. The number of hydrogen-bond acceptors (Lipinski definition) is 2. The monoisotopic (exact) mass is 212 g/mol. The van der Waals surface area contributed by atoms with E-state index in [4.69, 9.17) is 0 Å². The number of nitrogens with zero attached hydrogens (tertiary/aromatic N) is 4. The van der Waals surface area contributed by atoms with Crippen LogP contribution in [0.1, 0.15) is 5.69 Å². The molecule has 0 radical (unpaired) electrons. The predicted molar refractivity (Wildman–Crippen MR) is 62.6 cm³/mol. The van der Waals surface area contributed by atoms with Gasteiger partial charge in [-0.3, -0.25) is 4.68 Å². The molecule has 0 bridgehead atoms. The van der Waals surface area contributed by atoms with Crippen molar-refractivity contribution in [2.24, 2.45) is 7.05 Å². The fourth-order valence-electron chi connectivity index (χ4n) is 1.89. The first-order valence-electron chi connectivity index (χ1n) is 5.19. The van der Waals surface area contributed by atoms with Gasteiger partial charge in [-0.15, -0.1) is 0 Å². The maximum absolute atomic E-state index is 4.51. The Bertz CT molecular complexity index is 615. The predicted octanol–water partition coefficient (Wildman–Crippen LogP) is 2.07. The van der Waals surface area contributed by atoms with Crippen molar-refractivity contribution < 1.29 is 0 Å². The van der Waals surface area contributed by atoms with Gasteiger partial charge in [0.15, 0.2) is 5.82 Å². The minimum atomic E-state index is 0.980. The fraction of sp³-hybridized carbons (Fsp3) is 0.167. The van der Waals surface area contributed by atoms with E-state index < -0.39 is 0 Å². The van der Waals surface area contributed by atoms with Crippen molar-refractivity contribution >= 4 is 10.9 Å². The number of rotatable bonds is 1. The number of aromatic nitrogens is 4. The van der Waals surface area contributed by atoms with E-state index in [-0.39, 0.29) is 0 Å². The summed E-state index contributed by atoms with van der Waals surface area (Å²) in [5, 5.41) is 9.97. The van der Waals surface area contributed by atoms with Crippen LogP contribution in [0.5, 0.6) is 0 Å². The van der Waals surface area contributed by atoms with E-state index in [0.29, 0.717) is 0 Å². The first kappa shape index (κ1) is 9.15. The van der Waals surface area contributed by atoms with Crippen LogP contribution in [-0.4, -0.2) is 19.6 Å². The maximum Gasteiger partial charge on any atom is 0.151 e. The molecule has 0 saturated carbocycles. The second-order valence-corrected chi connectivity index (χ2v) is 3.90. The van der Waals surface area contributed by atoms with Crippen LogP contribution in [0.2, 0.25) is 0 Å². The van der Waals surface area contributed by atoms with Crippen molar-refractivity contribution in [3.05, 3.63) is 42.2 Å². The van der Waals surface area contributed by atoms with Gasteiger partial charge in [0.1, 0.15) is 0 Å². The molecule has 16 heavy (non-hydrogen) atoms. The first-order chi connectivity index (χ1) is 7.74. The minimum Gasteiger partial charge on any atom is -0.251 e. The topological polar surface area (TPSA) is 35.6 Å². The zero-order chi connectivity index (χ0) is 11.1. The summed E-state index contributed by atoms with van der Waals surface area (Å²) in [5.74, 6) is 0.980. The van der Waals surface area contributed by atoms with E-state index in [1.807, 2.05) is 53.8 Å². The summed E-state index contributed by atoms with van der Waals surface area (Å²) in [6.07, 6.45) is 2.02. The summed E-state index contributed by atoms with van der Waals surface area (Å²) in [7, 11) is 1.93. The largest absolute Gasteiger partial charge is 0.251 e. The van der Waals surface area contributed by atoms with Crippen LogP contribution in [0.15, 0.2) is 36.5 Å². The van der Waals surface area contributed by atoms with Crippen molar-refractivity contribution in [3.8, 4) is 5.82 Å². The van der Waals surface area contributed by atoms with Gasteiger partial charge in [0.2, 0.25) is 0 Å². The zero-order valence-corrected chi connectivity index (χ0v) is 9.25. The standard InChI is InChI=1S/C12H12N4/c1-9-7-12(15(2)13-9)16-8-10-5-3-4-6-11(10)14-16/h3-8H,1-2H3. The second kappa shape index (κ2) is 3.20.